The Labute approximate surface area is 86.3 Å². The molecule has 0 aliphatic rings. The Balaban J connectivity index is 3.26. The van der Waals surface area contributed by atoms with Crippen LogP contribution in [-0.2, 0) is 6.42 Å². The zero-order valence-corrected chi connectivity index (χ0v) is 8.42. The van der Waals surface area contributed by atoms with E-state index in [1.807, 2.05) is 6.07 Å². The van der Waals surface area contributed by atoms with E-state index in [9.17, 15) is 8.78 Å². The van der Waals surface area contributed by atoms with Crippen LogP contribution in [0.4, 0.5) is 8.78 Å². The largest absolute Gasteiger partial charge is 0.481 e. The van der Waals surface area contributed by atoms with Crippen molar-refractivity contribution in [3.63, 3.8) is 0 Å². The van der Waals surface area contributed by atoms with Crippen molar-refractivity contribution in [2.75, 3.05) is 7.11 Å². The number of hydrogen-bond donors (Lipinski definition) is 0. The highest BCUT2D eigenvalue weighted by atomic mass is 19.3. The molecule has 0 aromatic carbocycles. The lowest BCUT2D eigenvalue weighted by atomic mass is 10.1. The molecule has 5 heteroatoms. The number of pyridine rings is 1. The normalized spacial score (nSPS) is 10.1. The van der Waals surface area contributed by atoms with Crippen molar-refractivity contribution in [1.82, 2.24) is 4.98 Å². The Kier molecular flexibility index (Phi) is 3.56. The molecule has 0 bridgehead atoms. The molecule has 0 atom stereocenters. The molecular formula is C10H10F2N2O. The number of nitriles is 1. The maximum atomic E-state index is 12.4. The van der Waals surface area contributed by atoms with Crippen molar-refractivity contribution in [3.8, 4) is 11.9 Å². The van der Waals surface area contributed by atoms with E-state index in [0.29, 0.717) is 11.1 Å². The minimum absolute atomic E-state index is 0.0738. The minimum Gasteiger partial charge on any atom is -0.481 e. The fraction of sp³-hybridized carbons (Fsp3) is 0.400. The second-order valence-corrected chi connectivity index (χ2v) is 2.98. The molecule has 0 fully saturated rings. The van der Waals surface area contributed by atoms with Gasteiger partial charge in [0, 0.05) is 5.56 Å². The number of hydrogen-bond acceptors (Lipinski definition) is 3. The van der Waals surface area contributed by atoms with Crippen LogP contribution in [0, 0.1) is 18.3 Å². The van der Waals surface area contributed by atoms with Gasteiger partial charge in [0.2, 0.25) is 5.88 Å². The van der Waals surface area contributed by atoms with Crippen molar-refractivity contribution in [1.29, 1.82) is 5.26 Å². The monoisotopic (exact) mass is 212 g/mol. The summed E-state index contributed by atoms with van der Waals surface area (Å²) in [6.07, 6.45) is -2.58. The molecular weight excluding hydrogens is 202 g/mol. The van der Waals surface area contributed by atoms with Crippen molar-refractivity contribution in [2.45, 2.75) is 19.8 Å². The smallest absolute Gasteiger partial charge is 0.280 e. The van der Waals surface area contributed by atoms with Crippen LogP contribution in [0.2, 0.25) is 0 Å². The molecule has 1 aromatic rings. The predicted octanol–water partition coefficient (Wildman–Crippen LogP) is 2.40. The van der Waals surface area contributed by atoms with Crippen molar-refractivity contribution in [3.05, 3.63) is 22.9 Å². The Morgan fingerprint density at radius 3 is 2.73 bits per heavy atom. The van der Waals surface area contributed by atoms with Crippen LogP contribution in [-0.4, -0.2) is 12.1 Å². The molecule has 0 spiro atoms. The Bertz CT molecular complexity index is 399. The lowest BCUT2D eigenvalue weighted by molar-refractivity contribution is 0.145. The molecule has 0 saturated carbocycles. The topological polar surface area (TPSA) is 45.9 Å². The van der Waals surface area contributed by atoms with Gasteiger partial charge in [-0.25, -0.2) is 13.8 Å². The third-order valence-corrected chi connectivity index (χ3v) is 2.04. The Hall–Kier alpha value is -1.70. The fourth-order valence-electron chi connectivity index (χ4n) is 1.24. The van der Waals surface area contributed by atoms with E-state index in [0.717, 1.165) is 0 Å². The standard InChI is InChI=1S/C10H10F2N2O/c1-6-7(3-4-13)5-8(9(11)12)14-10(6)15-2/h5,9H,3H2,1-2H3. The summed E-state index contributed by atoms with van der Waals surface area (Å²) in [5.74, 6) is 0.151. The van der Waals surface area contributed by atoms with Gasteiger partial charge < -0.3 is 4.74 Å². The third-order valence-electron chi connectivity index (χ3n) is 2.04. The van der Waals surface area contributed by atoms with E-state index < -0.39 is 6.43 Å². The molecule has 0 saturated heterocycles. The van der Waals surface area contributed by atoms with Crippen LogP contribution in [0.5, 0.6) is 5.88 Å². The maximum Gasteiger partial charge on any atom is 0.280 e. The van der Waals surface area contributed by atoms with Crippen LogP contribution < -0.4 is 4.74 Å². The molecule has 1 rings (SSSR count). The molecule has 0 N–H and O–H groups in total. The molecule has 1 heterocycles. The average Bonchev–Trinajstić information content (AvgIpc) is 2.21. The van der Waals surface area contributed by atoms with Gasteiger partial charge in [0.1, 0.15) is 5.69 Å². The molecule has 0 radical (unpaired) electrons. The summed E-state index contributed by atoms with van der Waals surface area (Å²) in [6, 6.07) is 3.16. The number of aromatic nitrogens is 1. The van der Waals surface area contributed by atoms with Crippen LogP contribution in [0.3, 0.4) is 0 Å². The minimum atomic E-state index is -2.66. The highest BCUT2D eigenvalue weighted by Gasteiger charge is 2.15. The van der Waals surface area contributed by atoms with Gasteiger partial charge in [-0.1, -0.05) is 0 Å². The lowest BCUT2D eigenvalue weighted by Crippen LogP contribution is -2.01. The number of rotatable bonds is 3. The molecule has 0 aliphatic heterocycles. The summed E-state index contributed by atoms with van der Waals surface area (Å²) in [5, 5.41) is 8.54. The second-order valence-electron chi connectivity index (χ2n) is 2.98. The molecule has 1 aromatic heterocycles. The third kappa shape index (κ3) is 2.40. The van der Waals surface area contributed by atoms with Crippen molar-refractivity contribution < 1.29 is 13.5 Å². The first-order chi connectivity index (χ1) is 7.10. The Morgan fingerprint density at radius 2 is 2.27 bits per heavy atom. The summed E-state index contributed by atoms with van der Waals surface area (Å²) in [5.41, 5.74) is 0.797. The summed E-state index contributed by atoms with van der Waals surface area (Å²) in [6.45, 7) is 1.69. The summed E-state index contributed by atoms with van der Waals surface area (Å²) < 4.78 is 29.7. The summed E-state index contributed by atoms with van der Waals surface area (Å²) >= 11 is 0. The number of halogens is 2. The average molecular weight is 212 g/mol. The van der Waals surface area contributed by atoms with E-state index >= 15 is 0 Å². The fourth-order valence-corrected chi connectivity index (χ4v) is 1.24. The van der Waals surface area contributed by atoms with E-state index in [1.165, 1.54) is 13.2 Å². The molecule has 0 unspecified atom stereocenters. The van der Waals surface area contributed by atoms with Gasteiger partial charge in [-0.2, -0.15) is 5.26 Å². The van der Waals surface area contributed by atoms with Crippen molar-refractivity contribution in [2.24, 2.45) is 0 Å². The SMILES string of the molecule is COc1nc(C(F)F)cc(CC#N)c1C. The lowest BCUT2D eigenvalue weighted by Gasteiger charge is -2.09. The van der Waals surface area contributed by atoms with Crippen LogP contribution in [0.1, 0.15) is 23.2 Å². The van der Waals surface area contributed by atoms with E-state index in [2.05, 4.69) is 4.98 Å². The summed E-state index contributed by atoms with van der Waals surface area (Å²) in [7, 11) is 1.36. The zero-order valence-electron chi connectivity index (χ0n) is 8.42. The van der Waals surface area contributed by atoms with Gasteiger partial charge in [-0.15, -0.1) is 0 Å². The van der Waals surface area contributed by atoms with Crippen LogP contribution in [0.25, 0.3) is 0 Å². The highest BCUT2D eigenvalue weighted by Crippen LogP contribution is 2.25. The molecule has 0 amide bonds. The van der Waals surface area contributed by atoms with Crippen molar-refractivity contribution >= 4 is 0 Å². The first-order valence-corrected chi connectivity index (χ1v) is 4.29. The van der Waals surface area contributed by atoms with Gasteiger partial charge >= 0.3 is 0 Å². The van der Waals surface area contributed by atoms with E-state index in [1.54, 1.807) is 6.92 Å². The van der Waals surface area contributed by atoms with Gasteiger partial charge in [0.15, 0.2) is 0 Å². The molecule has 15 heavy (non-hydrogen) atoms. The quantitative estimate of drug-likeness (QED) is 0.772. The maximum absolute atomic E-state index is 12.4. The second kappa shape index (κ2) is 4.69. The highest BCUT2D eigenvalue weighted by molar-refractivity contribution is 5.37. The van der Waals surface area contributed by atoms with Gasteiger partial charge in [0.05, 0.1) is 19.6 Å². The molecule has 3 nitrogen and oxygen atoms in total. The molecule has 0 aliphatic carbocycles. The van der Waals surface area contributed by atoms with Gasteiger partial charge in [-0.05, 0) is 18.6 Å². The van der Waals surface area contributed by atoms with Crippen LogP contribution in [0.15, 0.2) is 6.07 Å². The first kappa shape index (κ1) is 11.4. The summed E-state index contributed by atoms with van der Waals surface area (Å²) in [4.78, 5) is 3.65. The van der Waals surface area contributed by atoms with E-state index in [4.69, 9.17) is 10.00 Å². The first-order valence-electron chi connectivity index (χ1n) is 4.29. The zero-order chi connectivity index (χ0) is 11.4. The van der Waals surface area contributed by atoms with E-state index in [-0.39, 0.29) is 18.0 Å². The van der Waals surface area contributed by atoms with Crippen LogP contribution >= 0.6 is 0 Å². The number of alkyl halides is 2. The number of nitrogens with zero attached hydrogens (tertiary/aromatic N) is 2. The molecule has 80 valence electrons. The van der Waals surface area contributed by atoms with Gasteiger partial charge in [-0.3, -0.25) is 0 Å². The Morgan fingerprint density at radius 1 is 1.60 bits per heavy atom. The predicted molar refractivity (Wildman–Crippen MR) is 49.8 cm³/mol. The number of methoxy groups -OCH3 is 1. The van der Waals surface area contributed by atoms with Gasteiger partial charge in [0.25, 0.3) is 6.43 Å². The number of ether oxygens (including phenoxy) is 1.